The van der Waals surface area contributed by atoms with Crippen molar-refractivity contribution in [1.82, 2.24) is 5.32 Å². The van der Waals surface area contributed by atoms with Crippen molar-refractivity contribution in [3.63, 3.8) is 0 Å². The molecule has 18 heavy (non-hydrogen) atoms. The van der Waals surface area contributed by atoms with Gasteiger partial charge < -0.3 is 5.32 Å². The van der Waals surface area contributed by atoms with E-state index < -0.39 is 0 Å². The lowest BCUT2D eigenvalue weighted by molar-refractivity contribution is -0.121. The van der Waals surface area contributed by atoms with Crippen LogP contribution in [0.4, 0.5) is 0 Å². The number of hydrogen-bond acceptors (Lipinski definition) is 2. The van der Waals surface area contributed by atoms with Crippen molar-refractivity contribution in [2.45, 2.75) is 49.5 Å². The van der Waals surface area contributed by atoms with E-state index in [1.807, 2.05) is 12.1 Å². The van der Waals surface area contributed by atoms with Gasteiger partial charge in [-0.1, -0.05) is 31.4 Å². The number of rotatable bonds is 4. The van der Waals surface area contributed by atoms with Gasteiger partial charge in [-0.15, -0.1) is 11.8 Å². The van der Waals surface area contributed by atoms with E-state index in [1.165, 1.54) is 24.2 Å². The van der Waals surface area contributed by atoms with Crippen molar-refractivity contribution in [1.29, 1.82) is 0 Å². The van der Waals surface area contributed by atoms with Gasteiger partial charge in [0.05, 0.1) is 6.42 Å². The Hall–Kier alpha value is -0.960. The Morgan fingerprint density at radius 3 is 2.50 bits per heavy atom. The first-order valence-electron chi connectivity index (χ1n) is 6.70. The Labute approximate surface area is 114 Å². The van der Waals surface area contributed by atoms with Crippen LogP contribution in [-0.2, 0) is 11.2 Å². The van der Waals surface area contributed by atoms with E-state index in [4.69, 9.17) is 0 Å². The molecule has 1 amide bonds. The van der Waals surface area contributed by atoms with Gasteiger partial charge >= 0.3 is 0 Å². The van der Waals surface area contributed by atoms with E-state index in [0.717, 1.165) is 18.4 Å². The Balaban J connectivity index is 1.82. The summed E-state index contributed by atoms with van der Waals surface area (Å²) >= 11 is 1.72. The summed E-state index contributed by atoms with van der Waals surface area (Å²) in [6.07, 6.45) is 8.70. The van der Waals surface area contributed by atoms with Crippen molar-refractivity contribution in [2.24, 2.45) is 0 Å². The average Bonchev–Trinajstić information content (AvgIpc) is 2.40. The van der Waals surface area contributed by atoms with E-state index in [-0.39, 0.29) is 5.91 Å². The standard InChI is InChI=1S/C15H21NOS/c1-18-14-9-7-12(8-10-14)11-15(17)16-13-5-3-2-4-6-13/h7-10,13H,2-6,11H2,1H3,(H,16,17). The van der Waals surface area contributed by atoms with Crippen molar-refractivity contribution in [3.05, 3.63) is 29.8 Å². The van der Waals surface area contributed by atoms with Gasteiger partial charge in [0.1, 0.15) is 0 Å². The molecule has 0 unspecified atom stereocenters. The van der Waals surface area contributed by atoms with Crippen LogP contribution in [0.15, 0.2) is 29.2 Å². The summed E-state index contributed by atoms with van der Waals surface area (Å²) in [6.45, 7) is 0. The molecule has 0 heterocycles. The van der Waals surface area contributed by atoms with Crippen LogP contribution in [0.2, 0.25) is 0 Å². The number of carbonyl (C=O) groups excluding carboxylic acids is 1. The molecule has 0 bridgehead atoms. The van der Waals surface area contributed by atoms with E-state index in [0.29, 0.717) is 12.5 Å². The Kier molecular flexibility index (Phi) is 5.12. The molecule has 0 spiro atoms. The van der Waals surface area contributed by atoms with Gasteiger partial charge in [0.25, 0.3) is 0 Å². The number of thioether (sulfide) groups is 1. The van der Waals surface area contributed by atoms with Crippen LogP contribution in [0.5, 0.6) is 0 Å². The SMILES string of the molecule is CSc1ccc(CC(=O)NC2CCCCC2)cc1. The lowest BCUT2D eigenvalue weighted by atomic mass is 9.95. The molecule has 1 aromatic rings. The fourth-order valence-corrected chi connectivity index (χ4v) is 2.86. The molecule has 0 aliphatic heterocycles. The lowest BCUT2D eigenvalue weighted by Gasteiger charge is -2.22. The number of hydrogen-bond donors (Lipinski definition) is 1. The molecule has 1 aliphatic rings. The molecule has 1 aliphatic carbocycles. The second-order valence-corrected chi connectivity index (χ2v) is 5.81. The van der Waals surface area contributed by atoms with Gasteiger partial charge in [0.2, 0.25) is 5.91 Å². The Bertz CT molecular complexity index is 382. The maximum atomic E-state index is 11.9. The topological polar surface area (TPSA) is 29.1 Å². The van der Waals surface area contributed by atoms with Crippen molar-refractivity contribution in [3.8, 4) is 0 Å². The normalized spacial score (nSPS) is 16.5. The minimum Gasteiger partial charge on any atom is -0.353 e. The molecule has 98 valence electrons. The Morgan fingerprint density at radius 1 is 1.22 bits per heavy atom. The maximum Gasteiger partial charge on any atom is 0.224 e. The molecule has 2 nitrogen and oxygen atoms in total. The zero-order valence-corrected chi connectivity index (χ0v) is 11.8. The molecule has 1 aromatic carbocycles. The summed E-state index contributed by atoms with van der Waals surface area (Å²) in [7, 11) is 0. The summed E-state index contributed by atoms with van der Waals surface area (Å²) in [5.41, 5.74) is 1.10. The van der Waals surface area contributed by atoms with E-state index in [2.05, 4.69) is 23.7 Å². The zero-order valence-electron chi connectivity index (χ0n) is 10.9. The van der Waals surface area contributed by atoms with Crippen LogP contribution < -0.4 is 5.32 Å². The molecule has 0 saturated heterocycles. The largest absolute Gasteiger partial charge is 0.353 e. The number of nitrogens with one attached hydrogen (secondary N) is 1. The smallest absolute Gasteiger partial charge is 0.224 e. The molecule has 1 N–H and O–H groups in total. The van der Waals surface area contributed by atoms with Crippen LogP contribution in [0.1, 0.15) is 37.7 Å². The quantitative estimate of drug-likeness (QED) is 0.844. The molecule has 3 heteroatoms. The highest BCUT2D eigenvalue weighted by Gasteiger charge is 2.15. The molecular weight excluding hydrogens is 242 g/mol. The molecule has 1 fully saturated rings. The number of amides is 1. The number of carbonyl (C=O) groups is 1. The van der Waals surface area contributed by atoms with Gasteiger partial charge in [-0.3, -0.25) is 4.79 Å². The summed E-state index contributed by atoms with van der Waals surface area (Å²) in [5, 5.41) is 3.15. The summed E-state index contributed by atoms with van der Waals surface area (Å²) in [5.74, 6) is 0.166. The van der Waals surface area contributed by atoms with Crippen molar-refractivity contribution < 1.29 is 4.79 Å². The fraction of sp³-hybridized carbons (Fsp3) is 0.533. The molecule has 0 atom stereocenters. The minimum atomic E-state index is 0.166. The van der Waals surface area contributed by atoms with Crippen molar-refractivity contribution >= 4 is 17.7 Å². The zero-order chi connectivity index (χ0) is 12.8. The summed E-state index contributed by atoms with van der Waals surface area (Å²) in [6, 6.07) is 8.66. The van der Waals surface area contributed by atoms with Crippen LogP contribution in [0.25, 0.3) is 0 Å². The second kappa shape index (κ2) is 6.83. The highest BCUT2D eigenvalue weighted by molar-refractivity contribution is 7.98. The van der Waals surface area contributed by atoms with Crippen LogP contribution in [-0.4, -0.2) is 18.2 Å². The predicted molar refractivity (Wildman–Crippen MR) is 76.9 cm³/mol. The van der Waals surface area contributed by atoms with E-state index >= 15 is 0 Å². The van der Waals surface area contributed by atoms with Gasteiger partial charge in [-0.2, -0.15) is 0 Å². The first kappa shape index (κ1) is 13.5. The Morgan fingerprint density at radius 2 is 1.89 bits per heavy atom. The van der Waals surface area contributed by atoms with Crippen molar-refractivity contribution in [2.75, 3.05) is 6.26 Å². The van der Waals surface area contributed by atoms with Gasteiger partial charge in [0.15, 0.2) is 0 Å². The first-order valence-corrected chi connectivity index (χ1v) is 7.92. The third-order valence-corrected chi connectivity index (χ3v) is 4.24. The monoisotopic (exact) mass is 263 g/mol. The molecular formula is C15H21NOS. The van der Waals surface area contributed by atoms with E-state index in [9.17, 15) is 4.79 Å². The second-order valence-electron chi connectivity index (χ2n) is 4.93. The molecule has 2 rings (SSSR count). The van der Waals surface area contributed by atoms with Crippen LogP contribution in [0, 0.1) is 0 Å². The molecule has 0 radical (unpaired) electrons. The fourth-order valence-electron chi connectivity index (χ4n) is 2.45. The summed E-state index contributed by atoms with van der Waals surface area (Å²) in [4.78, 5) is 13.2. The average molecular weight is 263 g/mol. The summed E-state index contributed by atoms with van der Waals surface area (Å²) < 4.78 is 0. The van der Waals surface area contributed by atoms with Gasteiger partial charge in [-0.25, -0.2) is 0 Å². The minimum absolute atomic E-state index is 0.166. The highest BCUT2D eigenvalue weighted by atomic mass is 32.2. The number of benzene rings is 1. The van der Waals surface area contributed by atoms with E-state index in [1.54, 1.807) is 11.8 Å². The van der Waals surface area contributed by atoms with Crippen LogP contribution in [0.3, 0.4) is 0 Å². The molecule has 0 aromatic heterocycles. The third-order valence-electron chi connectivity index (χ3n) is 3.49. The maximum absolute atomic E-state index is 11.9. The third kappa shape index (κ3) is 4.05. The first-order chi connectivity index (χ1) is 8.78. The predicted octanol–water partition coefficient (Wildman–Crippen LogP) is 3.40. The molecule has 1 saturated carbocycles. The van der Waals surface area contributed by atoms with Gasteiger partial charge in [0, 0.05) is 10.9 Å². The van der Waals surface area contributed by atoms with Gasteiger partial charge in [-0.05, 0) is 36.8 Å². The highest BCUT2D eigenvalue weighted by Crippen LogP contribution is 2.18. The lowest BCUT2D eigenvalue weighted by Crippen LogP contribution is -2.37. The van der Waals surface area contributed by atoms with Crippen LogP contribution >= 0.6 is 11.8 Å².